The van der Waals surface area contributed by atoms with Gasteiger partial charge in [-0.05, 0) is 37.1 Å². The molecule has 4 nitrogen and oxygen atoms in total. The van der Waals surface area contributed by atoms with Crippen molar-refractivity contribution in [3.8, 4) is 0 Å². The molecule has 0 heterocycles. The van der Waals surface area contributed by atoms with Crippen molar-refractivity contribution < 1.29 is 45.4 Å². The number of hydrogen-bond acceptors (Lipinski definition) is 4. The quantitative estimate of drug-likeness (QED) is 0.141. The molecule has 2 rings (SSSR count). The molecule has 0 saturated carbocycles. The minimum absolute atomic E-state index is 0.0398. The van der Waals surface area contributed by atoms with E-state index in [1.54, 1.807) is 0 Å². The van der Waals surface area contributed by atoms with Gasteiger partial charge in [-0.2, -0.15) is 0 Å². The van der Waals surface area contributed by atoms with Crippen LogP contribution < -0.4 is 0 Å². The standard InChI is InChI=1S/C24H24F6O4/c25-17-9-11-19(27)23(29)15(17)13-33-21(31)7-5-3-1-2-4-6-8-22(32)34-14-16-18(26)10-12-20(28)24(16)30/h9-12H,1-8,13-14H2. The first-order valence-electron chi connectivity index (χ1n) is 10.8. The molecule has 0 bridgehead atoms. The van der Waals surface area contributed by atoms with Crippen molar-refractivity contribution in [3.05, 3.63) is 70.3 Å². The van der Waals surface area contributed by atoms with Crippen LogP contribution in [-0.2, 0) is 32.3 Å². The summed E-state index contributed by atoms with van der Waals surface area (Å²) in [5.74, 6) is -8.53. The number of benzene rings is 2. The number of rotatable bonds is 13. The first-order chi connectivity index (χ1) is 16.2. The largest absolute Gasteiger partial charge is 0.461 e. The minimum atomic E-state index is -1.38. The Balaban J connectivity index is 1.52. The summed E-state index contributed by atoms with van der Waals surface area (Å²) in [6, 6.07) is 2.80. The summed E-state index contributed by atoms with van der Waals surface area (Å²) >= 11 is 0. The monoisotopic (exact) mass is 490 g/mol. The molecule has 2 aromatic carbocycles. The highest BCUT2D eigenvalue weighted by molar-refractivity contribution is 5.69. The predicted octanol–water partition coefficient (Wildman–Crippen LogP) is 6.43. The molecular formula is C24H24F6O4. The Labute approximate surface area is 192 Å². The second-order valence-electron chi connectivity index (χ2n) is 7.59. The Morgan fingerprint density at radius 1 is 0.529 bits per heavy atom. The molecule has 0 saturated heterocycles. The third-order valence-electron chi connectivity index (χ3n) is 5.04. The Morgan fingerprint density at radius 3 is 1.24 bits per heavy atom. The van der Waals surface area contributed by atoms with Gasteiger partial charge in [-0.25, -0.2) is 26.3 Å². The van der Waals surface area contributed by atoms with E-state index in [4.69, 9.17) is 9.47 Å². The number of hydrogen-bond donors (Lipinski definition) is 0. The zero-order valence-electron chi connectivity index (χ0n) is 18.3. The van der Waals surface area contributed by atoms with Gasteiger partial charge in [-0.1, -0.05) is 25.7 Å². The normalized spacial score (nSPS) is 10.9. The highest BCUT2D eigenvalue weighted by Crippen LogP contribution is 2.19. The molecule has 0 aliphatic rings. The molecule has 0 aliphatic carbocycles. The molecule has 10 heteroatoms. The van der Waals surface area contributed by atoms with Crippen LogP contribution in [0.15, 0.2) is 24.3 Å². The molecule has 186 valence electrons. The zero-order chi connectivity index (χ0) is 25.1. The van der Waals surface area contributed by atoms with Crippen molar-refractivity contribution in [2.45, 2.75) is 64.6 Å². The summed E-state index contributed by atoms with van der Waals surface area (Å²) in [5, 5.41) is 0. The third-order valence-corrected chi connectivity index (χ3v) is 5.04. The summed E-state index contributed by atoms with van der Waals surface area (Å²) in [6.07, 6.45) is 3.93. The van der Waals surface area contributed by atoms with Crippen LogP contribution in [0, 0.1) is 34.9 Å². The highest BCUT2D eigenvalue weighted by Gasteiger charge is 2.16. The van der Waals surface area contributed by atoms with Gasteiger partial charge in [0.1, 0.15) is 24.8 Å². The lowest BCUT2D eigenvalue weighted by atomic mass is 10.1. The van der Waals surface area contributed by atoms with Crippen LogP contribution in [0.2, 0.25) is 0 Å². The van der Waals surface area contributed by atoms with Gasteiger partial charge < -0.3 is 9.47 Å². The van der Waals surface area contributed by atoms with E-state index < -0.39 is 71.2 Å². The summed E-state index contributed by atoms with van der Waals surface area (Å²) in [5.41, 5.74) is -1.28. The lowest BCUT2D eigenvalue weighted by molar-refractivity contribution is -0.146. The predicted molar refractivity (Wildman–Crippen MR) is 109 cm³/mol. The molecule has 0 atom stereocenters. The molecule has 0 aromatic heterocycles. The fourth-order valence-electron chi connectivity index (χ4n) is 3.10. The van der Waals surface area contributed by atoms with Crippen LogP contribution in [0.4, 0.5) is 26.3 Å². The van der Waals surface area contributed by atoms with E-state index in [1.165, 1.54) is 0 Å². The minimum Gasteiger partial charge on any atom is -0.461 e. The van der Waals surface area contributed by atoms with Crippen molar-refractivity contribution in [2.75, 3.05) is 0 Å². The Bertz CT molecular complexity index is 916. The van der Waals surface area contributed by atoms with Crippen molar-refractivity contribution in [2.24, 2.45) is 0 Å². The molecule has 0 N–H and O–H groups in total. The molecule has 0 fully saturated rings. The summed E-state index contributed by atoms with van der Waals surface area (Å²) in [6.45, 7) is -1.38. The number of esters is 2. The lowest BCUT2D eigenvalue weighted by Gasteiger charge is -2.08. The number of unbranched alkanes of at least 4 members (excludes halogenated alkanes) is 5. The van der Waals surface area contributed by atoms with E-state index in [0.717, 1.165) is 25.0 Å². The van der Waals surface area contributed by atoms with Gasteiger partial charge in [-0.3, -0.25) is 9.59 Å². The topological polar surface area (TPSA) is 52.6 Å². The summed E-state index contributed by atoms with van der Waals surface area (Å²) in [4.78, 5) is 23.4. The molecule has 0 spiro atoms. The summed E-state index contributed by atoms with van der Waals surface area (Å²) < 4.78 is 89.8. The average molecular weight is 490 g/mol. The van der Waals surface area contributed by atoms with Crippen LogP contribution in [0.5, 0.6) is 0 Å². The first-order valence-corrected chi connectivity index (χ1v) is 10.8. The van der Waals surface area contributed by atoms with Crippen LogP contribution >= 0.6 is 0 Å². The van der Waals surface area contributed by atoms with E-state index in [0.29, 0.717) is 37.8 Å². The molecule has 0 amide bonds. The van der Waals surface area contributed by atoms with Crippen LogP contribution in [0.25, 0.3) is 0 Å². The second kappa shape index (κ2) is 13.6. The average Bonchev–Trinajstić information content (AvgIpc) is 2.80. The maximum atomic E-state index is 13.5. The van der Waals surface area contributed by atoms with E-state index in [2.05, 4.69) is 0 Å². The van der Waals surface area contributed by atoms with E-state index in [1.807, 2.05) is 0 Å². The van der Waals surface area contributed by atoms with E-state index >= 15 is 0 Å². The molecule has 0 aliphatic heterocycles. The molecule has 34 heavy (non-hydrogen) atoms. The SMILES string of the molecule is O=C(CCCCCCCCC(=O)OCc1c(F)ccc(F)c1F)OCc1c(F)ccc(F)c1F. The van der Waals surface area contributed by atoms with Gasteiger partial charge in [0.15, 0.2) is 23.3 Å². The van der Waals surface area contributed by atoms with Gasteiger partial charge in [-0.15, -0.1) is 0 Å². The van der Waals surface area contributed by atoms with Crippen LogP contribution in [0.1, 0.15) is 62.5 Å². The molecule has 2 aromatic rings. The number of ether oxygens (including phenoxy) is 2. The van der Waals surface area contributed by atoms with E-state index in [9.17, 15) is 35.9 Å². The second-order valence-corrected chi connectivity index (χ2v) is 7.59. The van der Waals surface area contributed by atoms with Gasteiger partial charge in [0.25, 0.3) is 0 Å². The van der Waals surface area contributed by atoms with Gasteiger partial charge >= 0.3 is 11.9 Å². The Kier molecular flexibility index (Phi) is 10.9. The number of carbonyl (C=O) groups is 2. The number of halogens is 6. The van der Waals surface area contributed by atoms with Crippen molar-refractivity contribution in [1.29, 1.82) is 0 Å². The lowest BCUT2D eigenvalue weighted by Crippen LogP contribution is -2.08. The van der Waals surface area contributed by atoms with Crippen LogP contribution in [0.3, 0.4) is 0 Å². The zero-order valence-corrected chi connectivity index (χ0v) is 18.3. The van der Waals surface area contributed by atoms with Crippen LogP contribution in [-0.4, -0.2) is 11.9 Å². The number of carbonyl (C=O) groups excluding carboxylic acids is 2. The Morgan fingerprint density at radius 2 is 0.853 bits per heavy atom. The fourth-order valence-corrected chi connectivity index (χ4v) is 3.10. The Hall–Kier alpha value is -3.04. The van der Waals surface area contributed by atoms with Gasteiger partial charge in [0.05, 0.1) is 11.1 Å². The molecule has 0 unspecified atom stereocenters. The van der Waals surface area contributed by atoms with Gasteiger partial charge in [0.2, 0.25) is 0 Å². The first kappa shape index (κ1) is 27.2. The smallest absolute Gasteiger partial charge is 0.306 e. The highest BCUT2D eigenvalue weighted by atomic mass is 19.2. The van der Waals surface area contributed by atoms with Crippen molar-refractivity contribution in [1.82, 2.24) is 0 Å². The maximum Gasteiger partial charge on any atom is 0.306 e. The maximum absolute atomic E-state index is 13.5. The summed E-state index contributed by atoms with van der Waals surface area (Å²) in [7, 11) is 0. The fraction of sp³-hybridized carbons (Fsp3) is 0.417. The molecular weight excluding hydrogens is 466 g/mol. The van der Waals surface area contributed by atoms with Gasteiger partial charge in [0, 0.05) is 12.8 Å². The third kappa shape index (κ3) is 8.39. The van der Waals surface area contributed by atoms with Crippen molar-refractivity contribution >= 4 is 11.9 Å². The molecule has 0 radical (unpaired) electrons. The van der Waals surface area contributed by atoms with Crippen molar-refractivity contribution in [3.63, 3.8) is 0 Å². The van der Waals surface area contributed by atoms with E-state index in [-0.39, 0.29) is 12.8 Å².